The lowest BCUT2D eigenvalue weighted by molar-refractivity contribution is 0.0951. The van der Waals surface area contributed by atoms with Gasteiger partial charge in [0.15, 0.2) is 0 Å². The lowest BCUT2D eigenvalue weighted by Gasteiger charge is -2.06. The fraction of sp³-hybridized carbons (Fsp3) is 0.182. The lowest BCUT2D eigenvalue weighted by atomic mass is 10.2. The second-order valence-corrected chi connectivity index (χ2v) is 7.68. The van der Waals surface area contributed by atoms with E-state index in [2.05, 4.69) is 10.3 Å². The zero-order chi connectivity index (χ0) is 19.5. The summed E-state index contributed by atoms with van der Waals surface area (Å²) >= 11 is 1.70. The molecule has 28 heavy (non-hydrogen) atoms. The number of nitrogens with one attached hydrogen (secondary N) is 1. The highest BCUT2D eigenvalue weighted by atomic mass is 32.2. The van der Waals surface area contributed by atoms with Crippen molar-refractivity contribution < 1.29 is 9.21 Å². The number of amides is 1. The van der Waals surface area contributed by atoms with Crippen LogP contribution in [0.2, 0.25) is 0 Å². The molecule has 0 aliphatic heterocycles. The van der Waals surface area contributed by atoms with Crippen LogP contribution >= 0.6 is 11.8 Å². The van der Waals surface area contributed by atoms with E-state index in [1.165, 1.54) is 0 Å². The Balaban J connectivity index is 1.33. The minimum absolute atomic E-state index is 0.0878. The molecule has 5 nitrogen and oxygen atoms in total. The number of hydrogen-bond donors (Lipinski definition) is 1. The van der Waals surface area contributed by atoms with Crippen molar-refractivity contribution in [1.82, 2.24) is 14.7 Å². The molecule has 0 radical (unpaired) electrons. The van der Waals surface area contributed by atoms with Crippen LogP contribution in [0.4, 0.5) is 0 Å². The smallest absolute Gasteiger partial charge is 0.251 e. The van der Waals surface area contributed by atoms with E-state index >= 15 is 0 Å². The first-order chi connectivity index (χ1) is 13.6. The molecule has 6 heteroatoms. The van der Waals surface area contributed by atoms with Gasteiger partial charge in [-0.15, -0.1) is 11.8 Å². The summed E-state index contributed by atoms with van der Waals surface area (Å²) in [5.74, 6) is 2.40. The first-order valence-corrected chi connectivity index (χ1v) is 10.1. The van der Waals surface area contributed by atoms with Gasteiger partial charge in [0, 0.05) is 40.7 Å². The molecule has 0 saturated heterocycles. The predicted octanol–water partition coefficient (Wildman–Crippen LogP) is 4.77. The summed E-state index contributed by atoms with van der Waals surface area (Å²) in [6.07, 6.45) is 4.04. The fourth-order valence-corrected chi connectivity index (χ4v) is 3.84. The summed E-state index contributed by atoms with van der Waals surface area (Å²) in [6, 6.07) is 15.6. The minimum atomic E-state index is -0.0878. The Hall–Kier alpha value is -2.99. The van der Waals surface area contributed by atoms with Crippen LogP contribution in [0.15, 0.2) is 70.2 Å². The van der Waals surface area contributed by atoms with Crippen LogP contribution in [-0.2, 0) is 12.3 Å². The van der Waals surface area contributed by atoms with Gasteiger partial charge in [-0.25, -0.2) is 4.98 Å². The maximum atomic E-state index is 12.4. The quantitative estimate of drug-likeness (QED) is 0.481. The van der Waals surface area contributed by atoms with E-state index in [4.69, 9.17) is 4.42 Å². The molecule has 1 aromatic carbocycles. The molecule has 0 unspecified atom stereocenters. The molecule has 0 atom stereocenters. The molecule has 0 aliphatic carbocycles. The number of carbonyl (C=O) groups excluding carboxylic acids is 1. The lowest BCUT2D eigenvalue weighted by Crippen LogP contribution is -2.22. The Morgan fingerprint density at radius 2 is 2.00 bits per heavy atom. The second kappa shape index (κ2) is 7.94. The largest absolute Gasteiger partial charge is 0.466 e. The zero-order valence-electron chi connectivity index (χ0n) is 15.8. The van der Waals surface area contributed by atoms with Crippen molar-refractivity contribution in [3.05, 3.63) is 89.3 Å². The average molecular weight is 391 g/mol. The molecular formula is C22H21N3O2S. The first kappa shape index (κ1) is 18.4. The van der Waals surface area contributed by atoms with E-state index in [9.17, 15) is 4.79 Å². The van der Waals surface area contributed by atoms with Crippen molar-refractivity contribution >= 4 is 23.3 Å². The molecule has 0 fully saturated rings. The first-order valence-electron chi connectivity index (χ1n) is 9.08. The van der Waals surface area contributed by atoms with Crippen molar-refractivity contribution in [3.63, 3.8) is 0 Å². The molecule has 0 saturated carbocycles. The Bertz CT molecular complexity index is 1080. The number of nitrogens with zero attached hydrogens (tertiary/aromatic N) is 2. The van der Waals surface area contributed by atoms with Gasteiger partial charge in [0.1, 0.15) is 17.2 Å². The van der Waals surface area contributed by atoms with Crippen LogP contribution in [0.25, 0.3) is 5.65 Å². The third-order valence-corrected chi connectivity index (χ3v) is 5.55. The Labute approximate surface area is 167 Å². The van der Waals surface area contributed by atoms with Gasteiger partial charge in [-0.1, -0.05) is 6.07 Å². The Morgan fingerprint density at radius 3 is 2.71 bits per heavy atom. The number of fused-ring (bicyclic) bond motifs is 1. The number of rotatable bonds is 6. The van der Waals surface area contributed by atoms with Gasteiger partial charge < -0.3 is 14.1 Å². The minimum Gasteiger partial charge on any atom is -0.466 e. The number of aromatic nitrogens is 2. The molecule has 1 N–H and O–H groups in total. The second-order valence-electron chi connectivity index (χ2n) is 6.63. The van der Waals surface area contributed by atoms with Gasteiger partial charge in [0.25, 0.3) is 5.91 Å². The third-order valence-electron chi connectivity index (χ3n) is 4.50. The van der Waals surface area contributed by atoms with Crippen molar-refractivity contribution in [2.45, 2.75) is 31.0 Å². The van der Waals surface area contributed by atoms with Gasteiger partial charge in [0.05, 0.1) is 5.69 Å². The van der Waals surface area contributed by atoms with Crippen molar-refractivity contribution in [2.24, 2.45) is 0 Å². The van der Waals surface area contributed by atoms with Crippen molar-refractivity contribution in [3.8, 4) is 0 Å². The number of imidazole rings is 1. The summed E-state index contributed by atoms with van der Waals surface area (Å²) in [6.45, 7) is 4.27. The molecule has 142 valence electrons. The zero-order valence-corrected chi connectivity index (χ0v) is 16.6. The summed E-state index contributed by atoms with van der Waals surface area (Å²) in [4.78, 5) is 18.1. The topological polar surface area (TPSA) is 59.5 Å². The van der Waals surface area contributed by atoms with E-state index in [0.717, 1.165) is 39.1 Å². The van der Waals surface area contributed by atoms with Gasteiger partial charge in [-0.2, -0.15) is 0 Å². The average Bonchev–Trinajstić information content (AvgIpc) is 3.26. The fourth-order valence-electron chi connectivity index (χ4n) is 3.05. The molecule has 4 rings (SSSR count). The summed E-state index contributed by atoms with van der Waals surface area (Å²) in [5, 5.41) is 2.94. The number of benzene rings is 1. The van der Waals surface area contributed by atoms with E-state index in [1.807, 2.05) is 79.2 Å². The van der Waals surface area contributed by atoms with Gasteiger partial charge in [-0.05, 0) is 56.3 Å². The van der Waals surface area contributed by atoms with E-state index in [0.29, 0.717) is 12.1 Å². The summed E-state index contributed by atoms with van der Waals surface area (Å²) < 4.78 is 7.51. The number of carbonyl (C=O) groups is 1. The number of aryl methyl sites for hydroxylation is 2. The summed E-state index contributed by atoms with van der Waals surface area (Å²) in [7, 11) is 0. The molecule has 3 heterocycles. The highest BCUT2D eigenvalue weighted by Gasteiger charge is 2.09. The SMILES string of the molecule is Cc1cc(CNC(=O)c2ccc(SCc3cn4ccccc4n3)cc2)c(C)o1. The highest BCUT2D eigenvalue weighted by Crippen LogP contribution is 2.23. The molecule has 1 amide bonds. The Kier molecular flexibility index (Phi) is 5.21. The molecule has 0 aliphatic rings. The van der Waals surface area contributed by atoms with Crippen molar-refractivity contribution in [2.75, 3.05) is 0 Å². The number of thioether (sulfide) groups is 1. The monoisotopic (exact) mass is 391 g/mol. The normalized spacial score (nSPS) is 11.1. The number of hydrogen-bond acceptors (Lipinski definition) is 4. The highest BCUT2D eigenvalue weighted by molar-refractivity contribution is 7.98. The van der Waals surface area contributed by atoms with E-state index in [1.54, 1.807) is 11.8 Å². The van der Waals surface area contributed by atoms with Gasteiger partial charge >= 0.3 is 0 Å². The van der Waals surface area contributed by atoms with E-state index in [-0.39, 0.29) is 5.91 Å². The summed E-state index contributed by atoms with van der Waals surface area (Å²) in [5.41, 5.74) is 3.64. The van der Waals surface area contributed by atoms with E-state index < -0.39 is 0 Å². The van der Waals surface area contributed by atoms with Crippen molar-refractivity contribution in [1.29, 1.82) is 0 Å². The third kappa shape index (κ3) is 4.12. The predicted molar refractivity (Wildman–Crippen MR) is 111 cm³/mol. The van der Waals surface area contributed by atoms with Crippen LogP contribution in [0.1, 0.15) is 33.1 Å². The molecule has 0 bridgehead atoms. The van der Waals surface area contributed by atoms with Crippen LogP contribution in [0, 0.1) is 13.8 Å². The standard InChI is InChI=1S/C22H21N3O2S/c1-15-11-18(16(2)27-15)12-23-22(26)17-6-8-20(9-7-17)28-14-19-13-25-10-4-3-5-21(25)24-19/h3-11,13H,12,14H2,1-2H3,(H,23,26). The van der Waals surface area contributed by atoms with Crippen LogP contribution in [-0.4, -0.2) is 15.3 Å². The molecule has 3 aromatic heterocycles. The number of pyridine rings is 1. The van der Waals surface area contributed by atoms with Crippen LogP contribution in [0.3, 0.4) is 0 Å². The Morgan fingerprint density at radius 1 is 1.18 bits per heavy atom. The number of furan rings is 1. The maximum absolute atomic E-state index is 12.4. The maximum Gasteiger partial charge on any atom is 0.251 e. The van der Waals surface area contributed by atoms with Crippen LogP contribution in [0.5, 0.6) is 0 Å². The van der Waals surface area contributed by atoms with Gasteiger partial charge in [-0.3, -0.25) is 4.79 Å². The molecule has 0 spiro atoms. The van der Waals surface area contributed by atoms with Gasteiger partial charge in [0.2, 0.25) is 0 Å². The van der Waals surface area contributed by atoms with Crippen LogP contribution < -0.4 is 5.32 Å². The molecular weight excluding hydrogens is 370 g/mol. The molecule has 4 aromatic rings.